The molecule has 0 aliphatic heterocycles. The lowest BCUT2D eigenvalue weighted by atomic mass is 9.92. The van der Waals surface area contributed by atoms with Gasteiger partial charge in [0.05, 0.1) is 11.6 Å². The van der Waals surface area contributed by atoms with E-state index in [1.807, 2.05) is 6.92 Å². The first-order valence-electron chi connectivity index (χ1n) is 6.15. The molecular weight excluding hydrogens is 273 g/mol. The van der Waals surface area contributed by atoms with E-state index in [1.165, 1.54) is 18.2 Å². The van der Waals surface area contributed by atoms with Crippen LogP contribution in [0.5, 0.6) is 5.75 Å². The lowest BCUT2D eigenvalue weighted by Crippen LogP contribution is -2.44. The average molecular weight is 292 g/mol. The zero-order chi connectivity index (χ0) is 15.4. The Morgan fingerprint density at radius 2 is 1.95 bits per heavy atom. The summed E-state index contributed by atoms with van der Waals surface area (Å²) in [5.74, 6) is 5.22. The van der Waals surface area contributed by atoms with Gasteiger partial charge in [0.2, 0.25) is 0 Å². The Balaban J connectivity index is 3.02. The molecule has 0 aromatic heterocycles. The number of nitrogens with two attached hydrogens (primary N) is 1. The topological polar surface area (TPSA) is 56.5 Å². The third kappa shape index (κ3) is 4.66. The van der Waals surface area contributed by atoms with Gasteiger partial charge in [-0.25, -0.2) is 0 Å². The maximum absolute atomic E-state index is 12.2. The molecule has 0 spiro atoms. The molecule has 0 aliphatic rings. The lowest BCUT2D eigenvalue weighted by molar-refractivity contribution is -0.274. The highest BCUT2D eigenvalue weighted by atomic mass is 19.4. The van der Waals surface area contributed by atoms with Crippen molar-refractivity contribution in [2.24, 2.45) is 5.84 Å². The van der Waals surface area contributed by atoms with Crippen LogP contribution >= 0.6 is 0 Å². The molecule has 1 rings (SSSR count). The Morgan fingerprint density at radius 1 is 1.30 bits per heavy atom. The van der Waals surface area contributed by atoms with Crippen molar-refractivity contribution in [3.8, 4) is 5.75 Å². The van der Waals surface area contributed by atoms with Crippen molar-refractivity contribution in [3.05, 3.63) is 29.8 Å². The Labute approximate surface area is 116 Å². The zero-order valence-corrected chi connectivity index (χ0v) is 11.6. The predicted octanol–water partition coefficient (Wildman–Crippen LogP) is 2.90. The quantitative estimate of drug-likeness (QED) is 0.625. The molecule has 20 heavy (non-hydrogen) atoms. The van der Waals surface area contributed by atoms with Gasteiger partial charge in [0.15, 0.2) is 0 Å². The van der Waals surface area contributed by atoms with Crippen molar-refractivity contribution in [2.45, 2.75) is 38.8 Å². The molecular formula is C13H19F3N2O2. The van der Waals surface area contributed by atoms with Crippen LogP contribution in [0.25, 0.3) is 0 Å². The first-order chi connectivity index (χ1) is 9.19. The fourth-order valence-electron chi connectivity index (χ4n) is 2.04. The highest BCUT2D eigenvalue weighted by molar-refractivity contribution is 5.32. The minimum Gasteiger partial charge on any atom is -0.406 e. The minimum atomic E-state index is -4.72. The van der Waals surface area contributed by atoms with Gasteiger partial charge in [-0.3, -0.25) is 11.3 Å². The van der Waals surface area contributed by atoms with Crippen molar-refractivity contribution in [2.75, 3.05) is 6.61 Å². The van der Waals surface area contributed by atoms with Gasteiger partial charge in [0.25, 0.3) is 0 Å². The number of hydrogen-bond donors (Lipinski definition) is 2. The van der Waals surface area contributed by atoms with Crippen molar-refractivity contribution in [1.82, 2.24) is 5.43 Å². The molecule has 0 saturated heterocycles. The highest BCUT2D eigenvalue weighted by Gasteiger charge is 2.33. The van der Waals surface area contributed by atoms with Gasteiger partial charge >= 0.3 is 6.36 Å². The normalized spacial score (nSPS) is 14.2. The number of rotatable bonds is 6. The summed E-state index contributed by atoms with van der Waals surface area (Å²) in [6.45, 7) is 5.90. The third-order valence-electron chi connectivity index (χ3n) is 2.80. The molecule has 1 unspecified atom stereocenters. The number of hydrogen-bond acceptors (Lipinski definition) is 4. The molecule has 0 bridgehead atoms. The monoisotopic (exact) mass is 292 g/mol. The highest BCUT2D eigenvalue weighted by Crippen LogP contribution is 2.31. The molecule has 1 atom stereocenters. The van der Waals surface area contributed by atoms with E-state index in [-0.39, 0.29) is 5.75 Å². The second-order valence-electron chi connectivity index (χ2n) is 4.76. The SMILES string of the molecule is CCOC(C)(C)C(NN)c1cccc(OC(F)(F)F)c1. The van der Waals surface area contributed by atoms with Crippen molar-refractivity contribution >= 4 is 0 Å². The smallest absolute Gasteiger partial charge is 0.406 e. The summed E-state index contributed by atoms with van der Waals surface area (Å²) in [7, 11) is 0. The van der Waals surface area contributed by atoms with E-state index in [2.05, 4.69) is 10.2 Å². The number of halogens is 3. The van der Waals surface area contributed by atoms with E-state index in [4.69, 9.17) is 10.6 Å². The third-order valence-corrected chi connectivity index (χ3v) is 2.80. The van der Waals surface area contributed by atoms with Crippen LogP contribution in [0, 0.1) is 0 Å². The zero-order valence-electron chi connectivity index (χ0n) is 11.6. The maximum atomic E-state index is 12.2. The van der Waals surface area contributed by atoms with E-state index in [9.17, 15) is 13.2 Å². The van der Waals surface area contributed by atoms with E-state index in [1.54, 1.807) is 19.9 Å². The molecule has 114 valence electrons. The number of alkyl halides is 3. The van der Waals surface area contributed by atoms with Crippen LogP contribution in [0.2, 0.25) is 0 Å². The van der Waals surface area contributed by atoms with Crippen LogP contribution in [-0.4, -0.2) is 18.6 Å². The molecule has 1 aromatic carbocycles. The molecule has 1 aromatic rings. The first kappa shape index (κ1) is 16.7. The molecule has 3 N–H and O–H groups in total. The summed E-state index contributed by atoms with van der Waals surface area (Å²) in [6, 6.07) is 5.19. The van der Waals surface area contributed by atoms with Gasteiger partial charge in [-0.1, -0.05) is 12.1 Å². The van der Waals surface area contributed by atoms with Gasteiger partial charge in [0.1, 0.15) is 5.75 Å². The molecule has 0 heterocycles. The van der Waals surface area contributed by atoms with Crippen LogP contribution in [-0.2, 0) is 4.74 Å². The Hall–Kier alpha value is -1.31. The number of ether oxygens (including phenoxy) is 2. The molecule has 0 saturated carbocycles. The average Bonchev–Trinajstić information content (AvgIpc) is 2.27. The second kappa shape index (κ2) is 6.43. The number of hydrazine groups is 1. The van der Waals surface area contributed by atoms with Crippen molar-refractivity contribution in [3.63, 3.8) is 0 Å². The fraction of sp³-hybridized carbons (Fsp3) is 0.538. The van der Waals surface area contributed by atoms with E-state index in [0.29, 0.717) is 12.2 Å². The van der Waals surface area contributed by atoms with Crippen molar-refractivity contribution < 1.29 is 22.6 Å². The van der Waals surface area contributed by atoms with Crippen LogP contribution < -0.4 is 16.0 Å². The van der Waals surface area contributed by atoms with E-state index in [0.717, 1.165) is 0 Å². The molecule has 0 radical (unpaired) electrons. The maximum Gasteiger partial charge on any atom is 0.573 e. The largest absolute Gasteiger partial charge is 0.573 e. The molecule has 0 aliphatic carbocycles. The second-order valence-corrected chi connectivity index (χ2v) is 4.76. The van der Waals surface area contributed by atoms with Gasteiger partial charge in [-0.05, 0) is 38.5 Å². The molecule has 0 fully saturated rings. The Morgan fingerprint density at radius 3 is 2.45 bits per heavy atom. The van der Waals surface area contributed by atoms with Crippen molar-refractivity contribution in [1.29, 1.82) is 0 Å². The summed E-state index contributed by atoms with van der Waals surface area (Å²) >= 11 is 0. The molecule has 7 heteroatoms. The summed E-state index contributed by atoms with van der Waals surface area (Å²) < 4.78 is 46.1. The van der Waals surface area contributed by atoms with E-state index >= 15 is 0 Å². The van der Waals surface area contributed by atoms with Crippen LogP contribution in [0.15, 0.2) is 24.3 Å². The minimum absolute atomic E-state index is 0.289. The van der Waals surface area contributed by atoms with Gasteiger partial charge < -0.3 is 9.47 Å². The number of benzene rings is 1. The van der Waals surface area contributed by atoms with Gasteiger partial charge in [-0.15, -0.1) is 13.2 Å². The summed E-state index contributed by atoms with van der Waals surface area (Å²) in [5.41, 5.74) is 2.44. The van der Waals surface area contributed by atoms with Gasteiger partial charge in [0, 0.05) is 6.61 Å². The predicted molar refractivity (Wildman–Crippen MR) is 68.9 cm³/mol. The summed E-state index contributed by atoms with van der Waals surface area (Å²) in [6.07, 6.45) is -4.72. The van der Waals surface area contributed by atoms with Crippen LogP contribution in [0.4, 0.5) is 13.2 Å². The first-order valence-corrected chi connectivity index (χ1v) is 6.15. The molecule has 0 amide bonds. The van der Waals surface area contributed by atoms with E-state index < -0.39 is 18.0 Å². The van der Waals surface area contributed by atoms with Crippen LogP contribution in [0.1, 0.15) is 32.4 Å². The Kier molecular flexibility index (Phi) is 5.38. The lowest BCUT2D eigenvalue weighted by Gasteiger charge is -2.34. The van der Waals surface area contributed by atoms with Crippen LogP contribution in [0.3, 0.4) is 0 Å². The Bertz CT molecular complexity index is 436. The summed E-state index contributed by atoms with van der Waals surface area (Å²) in [4.78, 5) is 0. The van der Waals surface area contributed by atoms with Gasteiger partial charge in [-0.2, -0.15) is 0 Å². The summed E-state index contributed by atoms with van der Waals surface area (Å²) in [5, 5.41) is 0. The molecule has 4 nitrogen and oxygen atoms in total. The standard InChI is InChI=1S/C13H19F3N2O2/c1-4-19-12(2,3)11(18-17)9-6-5-7-10(8-9)20-13(14,15)16/h5-8,11,18H,4,17H2,1-3H3. The fourth-order valence-corrected chi connectivity index (χ4v) is 2.04. The number of nitrogens with one attached hydrogen (secondary N) is 1.